The van der Waals surface area contributed by atoms with Gasteiger partial charge in [0.15, 0.2) is 6.29 Å². The molecule has 96 valence electrons. The van der Waals surface area contributed by atoms with Crippen LogP contribution in [-0.4, -0.2) is 52.1 Å². The summed E-state index contributed by atoms with van der Waals surface area (Å²) in [6.45, 7) is 5.53. The van der Waals surface area contributed by atoms with Crippen LogP contribution in [0.25, 0.3) is 0 Å². The maximum Gasteiger partial charge on any atom is 0.161 e. The highest BCUT2D eigenvalue weighted by atomic mass is 16.7. The summed E-state index contributed by atoms with van der Waals surface area (Å²) in [5, 5.41) is 28.1. The Morgan fingerprint density at radius 2 is 2.00 bits per heavy atom. The lowest BCUT2D eigenvalue weighted by Crippen LogP contribution is -2.51. The van der Waals surface area contributed by atoms with Crippen molar-refractivity contribution in [2.45, 2.75) is 63.8 Å². The third kappa shape index (κ3) is 3.40. The first-order valence-corrected chi connectivity index (χ1v) is 5.70. The molecule has 5 heteroatoms. The van der Waals surface area contributed by atoms with Crippen LogP contribution in [0, 0.1) is 0 Å². The molecule has 16 heavy (non-hydrogen) atoms. The van der Waals surface area contributed by atoms with E-state index in [1.165, 1.54) is 0 Å². The van der Waals surface area contributed by atoms with Gasteiger partial charge in [0.1, 0.15) is 12.2 Å². The predicted molar refractivity (Wildman–Crippen MR) is 57.8 cm³/mol. The molecule has 0 aromatic heterocycles. The molecule has 0 aromatic rings. The Bertz CT molecular complexity index is 218. The summed E-state index contributed by atoms with van der Waals surface area (Å²) in [5.74, 6) is 0. The number of rotatable bonds is 4. The average molecular weight is 234 g/mol. The fourth-order valence-electron chi connectivity index (χ4n) is 1.58. The van der Waals surface area contributed by atoms with Gasteiger partial charge in [-0.2, -0.15) is 0 Å². The maximum absolute atomic E-state index is 9.60. The summed E-state index contributed by atoms with van der Waals surface area (Å²) in [5.41, 5.74) is -0.341. The molecule has 5 nitrogen and oxygen atoms in total. The number of aliphatic hydroxyl groups is 3. The zero-order chi connectivity index (χ0) is 12.3. The van der Waals surface area contributed by atoms with E-state index in [-0.39, 0.29) is 18.6 Å². The van der Waals surface area contributed by atoms with Gasteiger partial charge in [0, 0.05) is 6.42 Å². The molecule has 1 aliphatic heterocycles. The van der Waals surface area contributed by atoms with Crippen LogP contribution >= 0.6 is 0 Å². The third-order valence-corrected chi connectivity index (χ3v) is 3.02. The summed E-state index contributed by atoms with van der Waals surface area (Å²) in [6.07, 6.45) is -2.28. The summed E-state index contributed by atoms with van der Waals surface area (Å²) < 4.78 is 11.0. The van der Waals surface area contributed by atoms with Crippen molar-refractivity contribution in [3.8, 4) is 0 Å². The van der Waals surface area contributed by atoms with Gasteiger partial charge in [0.05, 0.1) is 18.3 Å². The van der Waals surface area contributed by atoms with Gasteiger partial charge in [-0.15, -0.1) is 0 Å². The van der Waals surface area contributed by atoms with E-state index in [0.717, 1.165) is 6.42 Å². The molecule has 0 radical (unpaired) electrons. The van der Waals surface area contributed by atoms with Crippen molar-refractivity contribution < 1.29 is 24.8 Å². The Labute approximate surface area is 96.0 Å². The van der Waals surface area contributed by atoms with Gasteiger partial charge in [-0.05, 0) is 20.3 Å². The van der Waals surface area contributed by atoms with E-state index in [2.05, 4.69) is 0 Å². The lowest BCUT2D eigenvalue weighted by Gasteiger charge is -2.39. The van der Waals surface area contributed by atoms with Crippen LogP contribution in [0.2, 0.25) is 0 Å². The molecule has 0 spiro atoms. The molecular weight excluding hydrogens is 212 g/mol. The van der Waals surface area contributed by atoms with E-state index in [1.807, 2.05) is 20.8 Å². The average Bonchev–Trinajstić information content (AvgIpc) is 2.22. The van der Waals surface area contributed by atoms with Crippen molar-refractivity contribution in [1.29, 1.82) is 0 Å². The van der Waals surface area contributed by atoms with Crippen molar-refractivity contribution in [2.24, 2.45) is 0 Å². The first kappa shape index (κ1) is 13.9. The molecule has 1 heterocycles. The molecule has 4 unspecified atom stereocenters. The molecular formula is C11H22O5. The summed E-state index contributed by atoms with van der Waals surface area (Å²) >= 11 is 0. The van der Waals surface area contributed by atoms with Crippen LogP contribution in [0.3, 0.4) is 0 Å². The molecule has 1 fully saturated rings. The molecule has 0 aromatic carbocycles. The van der Waals surface area contributed by atoms with Gasteiger partial charge in [-0.1, -0.05) is 6.92 Å². The minimum absolute atomic E-state index is 0.223. The molecule has 1 saturated heterocycles. The topological polar surface area (TPSA) is 79.2 Å². The Morgan fingerprint density at radius 3 is 2.50 bits per heavy atom. The Hall–Kier alpha value is -0.200. The minimum Gasteiger partial charge on any atom is -0.394 e. The molecule has 0 saturated carbocycles. The largest absolute Gasteiger partial charge is 0.394 e. The number of aliphatic hydroxyl groups excluding tert-OH is 3. The van der Waals surface area contributed by atoms with Gasteiger partial charge in [0.2, 0.25) is 0 Å². The van der Waals surface area contributed by atoms with Gasteiger partial charge < -0.3 is 24.8 Å². The minimum atomic E-state index is -1.05. The SMILES string of the molecule is CCC(C)(C)OC1CC(O)C(O)C(CO)O1. The van der Waals surface area contributed by atoms with E-state index in [9.17, 15) is 10.2 Å². The Kier molecular flexibility index (Phi) is 4.70. The van der Waals surface area contributed by atoms with Crippen LogP contribution in [0.4, 0.5) is 0 Å². The van der Waals surface area contributed by atoms with Crippen LogP contribution in [0.15, 0.2) is 0 Å². The molecule has 1 aliphatic rings. The van der Waals surface area contributed by atoms with E-state index >= 15 is 0 Å². The Balaban J connectivity index is 2.57. The second-order valence-corrected chi connectivity index (χ2v) is 4.81. The maximum atomic E-state index is 9.60. The van der Waals surface area contributed by atoms with Gasteiger partial charge in [-0.3, -0.25) is 0 Å². The number of hydrogen-bond acceptors (Lipinski definition) is 5. The zero-order valence-corrected chi connectivity index (χ0v) is 10.1. The van der Waals surface area contributed by atoms with Crippen LogP contribution in [0.5, 0.6) is 0 Å². The number of ether oxygens (including phenoxy) is 2. The third-order valence-electron chi connectivity index (χ3n) is 3.02. The summed E-state index contributed by atoms with van der Waals surface area (Å²) in [7, 11) is 0. The fourth-order valence-corrected chi connectivity index (χ4v) is 1.58. The van der Waals surface area contributed by atoms with E-state index in [0.29, 0.717) is 0 Å². The molecule has 0 amide bonds. The van der Waals surface area contributed by atoms with Crippen molar-refractivity contribution in [1.82, 2.24) is 0 Å². The second kappa shape index (κ2) is 5.42. The smallest absolute Gasteiger partial charge is 0.161 e. The molecule has 0 bridgehead atoms. The Morgan fingerprint density at radius 1 is 1.38 bits per heavy atom. The van der Waals surface area contributed by atoms with E-state index in [1.54, 1.807) is 0 Å². The van der Waals surface area contributed by atoms with Crippen molar-refractivity contribution >= 4 is 0 Å². The lowest BCUT2D eigenvalue weighted by atomic mass is 10.0. The normalized spacial score (nSPS) is 36.4. The van der Waals surface area contributed by atoms with Crippen LogP contribution in [-0.2, 0) is 9.47 Å². The molecule has 1 rings (SSSR count). The van der Waals surface area contributed by atoms with Crippen LogP contribution < -0.4 is 0 Å². The monoisotopic (exact) mass is 234 g/mol. The van der Waals surface area contributed by atoms with Gasteiger partial charge in [0.25, 0.3) is 0 Å². The standard InChI is InChI=1S/C11H22O5/c1-4-11(2,3)16-9-5-7(13)10(14)8(6-12)15-9/h7-10,12-14H,4-6H2,1-3H3. The zero-order valence-electron chi connectivity index (χ0n) is 10.1. The molecule has 0 aliphatic carbocycles. The molecule has 3 N–H and O–H groups in total. The summed E-state index contributed by atoms with van der Waals surface area (Å²) in [4.78, 5) is 0. The highest BCUT2D eigenvalue weighted by Gasteiger charge is 2.38. The van der Waals surface area contributed by atoms with Gasteiger partial charge in [-0.25, -0.2) is 0 Å². The quantitative estimate of drug-likeness (QED) is 0.639. The van der Waals surface area contributed by atoms with Crippen LogP contribution in [0.1, 0.15) is 33.6 Å². The molecule has 4 atom stereocenters. The van der Waals surface area contributed by atoms with Crippen molar-refractivity contribution in [2.75, 3.05) is 6.61 Å². The lowest BCUT2D eigenvalue weighted by molar-refractivity contribution is -0.283. The first-order valence-electron chi connectivity index (χ1n) is 5.70. The first-order chi connectivity index (χ1) is 7.39. The predicted octanol–water partition coefficient (Wildman–Crippen LogP) is 0.0207. The van der Waals surface area contributed by atoms with E-state index in [4.69, 9.17) is 14.6 Å². The van der Waals surface area contributed by atoms with Crippen molar-refractivity contribution in [3.63, 3.8) is 0 Å². The van der Waals surface area contributed by atoms with E-state index < -0.39 is 24.6 Å². The number of hydrogen-bond donors (Lipinski definition) is 3. The van der Waals surface area contributed by atoms with Crippen molar-refractivity contribution in [3.05, 3.63) is 0 Å². The second-order valence-electron chi connectivity index (χ2n) is 4.81. The fraction of sp³-hybridized carbons (Fsp3) is 1.00. The highest BCUT2D eigenvalue weighted by Crippen LogP contribution is 2.26. The highest BCUT2D eigenvalue weighted by molar-refractivity contribution is 4.83. The summed E-state index contributed by atoms with van der Waals surface area (Å²) in [6, 6.07) is 0. The van der Waals surface area contributed by atoms with Gasteiger partial charge >= 0.3 is 0 Å².